The summed E-state index contributed by atoms with van der Waals surface area (Å²) in [4.78, 5) is 7.19. The summed E-state index contributed by atoms with van der Waals surface area (Å²) in [6.07, 6.45) is 3.58. The Hall–Kier alpha value is -0.613. The lowest BCUT2D eigenvalue weighted by Gasteiger charge is -2.35. The Morgan fingerprint density at radius 2 is 2.07 bits per heavy atom. The van der Waals surface area contributed by atoms with E-state index in [1.807, 2.05) is 6.20 Å². The SMILES string of the molecule is CC(C)(C)[Si](C)(C)OCc1ncc[nH]1. The Labute approximate surface area is 87.0 Å². The van der Waals surface area contributed by atoms with Crippen molar-refractivity contribution in [3.8, 4) is 0 Å². The van der Waals surface area contributed by atoms with E-state index in [1.54, 1.807) is 6.20 Å². The molecule has 1 aromatic rings. The van der Waals surface area contributed by atoms with Gasteiger partial charge in [0.1, 0.15) is 5.82 Å². The Balaban J connectivity index is 2.53. The minimum atomic E-state index is -1.62. The number of rotatable bonds is 3. The van der Waals surface area contributed by atoms with E-state index < -0.39 is 8.32 Å². The van der Waals surface area contributed by atoms with Gasteiger partial charge in [-0.15, -0.1) is 0 Å². The molecule has 0 aromatic carbocycles. The molecule has 1 heterocycles. The summed E-state index contributed by atoms with van der Waals surface area (Å²) >= 11 is 0. The number of imidazole rings is 1. The minimum Gasteiger partial charge on any atom is -0.409 e. The first-order valence-electron chi connectivity index (χ1n) is 4.95. The molecule has 3 nitrogen and oxygen atoms in total. The minimum absolute atomic E-state index is 0.263. The highest BCUT2D eigenvalue weighted by molar-refractivity contribution is 6.74. The highest BCUT2D eigenvalue weighted by atomic mass is 28.4. The Morgan fingerprint density at radius 1 is 1.43 bits per heavy atom. The number of aromatic amines is 1. The predicted octanol–water partition coefficient (Wildman–Crippen LogP) is 2.93. The molecule has 0 spiro atoms. The smallest absolute Gasteiger partial charge is 0.192 e. The van der Waals surface area contributed by atoms with Crippen molar-refractivity contribution >= 4 is 8.32 Å². The number of nitrogens with zero attached hydrogens (tertiary/aromatic N) is 1. The number of aromatic nitrogens is 2. The molecule has 0 aliphatic heterocycles. The van der Waals surface area contributed by atoms with Gasteiger partial charge in [-0.05, 0) is 18.1 Å². The molecule has 0 saturated heterocycles. The quantitative estimate of drug-likeness (QED) is 0.782. The molecule has 0 aliphatic rings. The first-order chi connectivity index (χ1) is 6.33. The third-order valence-corrected chi connectivity index (χ3v) is 7.41. The third-order valence-electron chi connectivity index (χ3n) is 2.93. The number of nitrogens with one attached hydrogen (secondary N) is 1. The Morgan fingerprint density at radius 3 is 2.50 bits per heavy atom. The average Bonchev–Trinajstić information content (AvgIpc) is 2.50. The topological polar surface area (TPSA) is 37.9 Å². The van der Waals surface area contributed by atoms with E-state index in [9.17, 15) is 0 Å². The lowest BCUT2D eigenvalue weighted by Crippen LogP contribution is -2.40. The molecule has 0 radical (unpaired) electrons. The fourth-order valence-corrected chi connectivity index (χ4v) is 1.77. The maximum atomic E-state index is 5.98. The molecular weight excluding hydrogens is 192 g/mol. The standard InChI is InChI=1S/C10H20N2OSi/c1-10(2,3)14(4,5)13-8-9-11-6-7-12-9/h6-7H,8H2,1-5H3,(H,11,12). The monoisotopic (exact) mass is 212 g/mol. The molecule has 0 saturated carbocycles. The summed E-state index contributed by atoms with van der Waals surface area (Å²) in [5.41, 5.74) is 0. The van der Waals surface area contributed by atoms with Crippen LogP contribution in [-0.2, 0) is 11.0 Å². The van der Waals surface area contributed by atoms with E-state index in [1.165, 1.54) is 0 Å². The maximum absolute atomic E-state index is 5.98. The average molecular weight is 212 g/mol. The normalized spacial score (nSPS) is 13.2. The number of hydrogen-bond acceptors (Lipinski definition) is 2. The molecular formula is C10H20N2OSi. The van der Waals surface area contributed by atoms with Crippen LogP contribution >= 0.6 is 0 Å². The van der Waals surface area contributed by atoms with Gasteiger partial charge in [0.2, 0.25) is 0 Å². The molecule has 80 valence electrons. The van der Waals surface area contributed by atoms with Crippen molar-refractivity contribution < 1.29 is 4.43 Å². The summed E-state index contributed by atoms with van der Waals surface area (Å²) < 4.78 is 5.98. The fraction of sp³-hybridized carbons (Fsp3) is 0.700. The fourth-order valence-electron chi connectivity index (χ4n) is 0.842. The zero-order valence-electron chi connectivity index (χ0n) is 9.72. The molecule has 0 aliphatic carbocycles. The molecule has 1 N–H and O–H groups in total. The third kappa shape index (κ3) is 2.69. The van der Waals surface area contributed by atoms with Crippen LogP contribution in [0.5, 0.6) is 0 Å². The van der Waals surface area contributed by atoms with E-state index in [4.69, 9.17) is 4.43 Å². The van der Waals surface area contributed by atoms with E-state index in [-0.39, 0.29) is 5.04 Å². The highest BCUT2D eigenvalue weighted by Gasteiger charge is 2.37. The predicted molar refractivity (Wildman–Crippen MR) is 60.6 cm³/mol. The summed E-state index contributed by atoms with van der Waals surface area (Å²) in [5, 5.41) is 0.263. The van der Waals surface area contributed by atoms with E-state index in [0.717, 1.165) is 5.82 Å². The lowest BCUT2D eigenvalue weighted by atomic mass is 10.2. The molecule has 0 unspecified atom stereocenters. The van der Waals surface area contributed by atoms with Crippen LogP contribution in [0.15, 0.2) is 12.4 Å². The lowest BCUT2D eigenvalue weighted by molar-refractivity contribution is 0.268. The second kappa shape index (κ2) is 3.86. The van der Waals surface area contributed by atoms with Gasteiger partial charge in [0.05, 0.1) is 6.61 Å². The molecule has 0 amide bonds. The number of hydrogen-bond donors (Lipinski definition) is 1. The first kappa shape index (κ1) is 11.5. The second-order valence-electron chi connectivity index (χ2n) is 5.08. The van der Waals surface area contributed by atoms with Gasteiger partial charge >= 0.3 is 0 Å². The van der Waals surface area contributed by atoms with Crippen LogP contribution in [-0.4, -0.2) is 18.3 Å². The molecule has 0 bridgehead atoms. The van der Waals surface area contributed by atoms with Gasteiger partial charge in [-0.2, -0.15) is 0 Å². The van der Waals surface area contributed by atoms with Crippen molar-refractivity contribution in [2.24, 2.45) is 0 Å². The molecule has 1 aromatic heterocycles. The van der Waals surface area contributed by atoms with Crippen molar-refractivity contribution in [2.75, 3.05) is 0 Å². The first-order valence-corrected chi connectivity index (χ1v) is 7.86. The van der Waals surface area contributed by atoms with E-state index in [0.29, 0.717) is 6.61 Å². The summed E-state index contributed by atoms with van der Waals surface area (Å²) in [6, 6.07) is 0. The van der Waals surface area contributed by atoms with Gasteiger partial charge < -0.3 is 9.41 Å². The Kier molecular flexibility index (Phi) is 3.16. The van der Waals surface area contributed by atoms with Crippen molar-refractivity contribution in [2.45, 2.75) is 45.5 Å². The van der Waals surface area contributed by atoms with Crippen LogP contribution in [0, 0.1) is 0 Å². The van der Waals surface area contributed by atoms with Gasteiger partial charge in [-0.1, -0.05) is 20.8 Å². The van der Waals surface area contributed by atoms with Crippen LogP contribution in [0.25, 0.3) is 0 Å². The van der Waals surface area contributed by atoms with Crippen molar-refractivity contribution in [3.05, 3.63) is 18.2 Å². The molecule has 1 rings (SSSR count). The van der Waals surface area contributed by atoms with Gasteiger partial charge in [0, 0.05) is 12.4 Å². The number of H-pyrrole nitrogens is 1. The molecule has 0 atom stereocenters. The van der Waals surface area contributed by atoms with Crippen molar-refractivity contribution in [1.82, 2.24) is 9.97 Å². The van der Waals surface area contributed by atoms with Gasteiger partial charge in [-0.25, -0.2) is 4.98 Å². The Bertz CT molecular complexity index is 275. The highest BCUT2D eigenvalue weighted by Crippen LogP contribution is 2.36. The van der Waals surface area contributed by atoms with Crippen molar-refractivity contribution in [1.29, 1.82) is 0 Å². The summed E-state index contributed by atoms with van der Waals surface area (Å²) in [7, 11) is -1.62. The second-order valence-corrected chi connectivity index (χ2v) is 9.89. The van der Waals surface area contributed by atoms with Crippen LogP contribution < -0.4 is 0 Å². The van der Waals surface area contributed by atoms with Crippen LogP contribution in [0.3, 0.4) is 0 Å². The summed E-state index contributed by atoms with van der Waals surface area (Å²) in [5.74, 6) is 0.912. The molecule has 4 heteroatoms. The van der Waals surface area contributed by atoms with Crippen LogP contribution in [0.4, 0.5) is 0 Å². The zero-order valence-corrected chi connectivity index (χ0v) is 10.7. The summed E-state index contributed by atoms with van der Waals surface area (Å²) in [6.45, 7) is 11.8. The van der Waals surface area contributed by atoms with Crippen LogP contribution in [0.2, 0.25) is 18.1 Å². The van der Waals surface area contributed by atoms with Gasteiger partial charge in [0.15, 0.2) is 8.32 Å². The van der Waals surface area contributed by atoms with Crippen LogP contribution in [0.1, 0.15) is 26.6 Å². The van der Waals surface area contributed by atoms with E-state index >= 15 is 0 Å². The maximum Gasteiger partial charge on any atom is 0.192 e. The molecule has 14 heavy (non-hydrogen) atoms. The van der Waals surface area contributed by atoms with Crippen molar-refractivity contribution in [3.63, 3.8) is 0 Å². The van der Waals surface area contributed by atoms with Gasteiger partial charge in [0.25, 0.3) is 0 Å². The van der Waals surface area contributed by atoms with E-state index in [2.05, 4.69) is 43.8 Å². The van der Waals surface area contributed by atoms with Gasteiger partial charge in [-0.3, -0.25) is 0 Å². The molecule has 0 fully saturated rings. The zero-order chi connectivity index (χ0) is 10.8. The largest absolute Gasteiger partial charge is 0.409 e.